The summed E-state index contributed by atoms with van der Waals surface area (Å²) in [5, 5.41) is 4.43. The molecule has 4 aromatic carbocycles. The number of benzene rings is 4. The summed E-state index contributed by atoms with van der Waals surface area (Å²) in [6.45, 7) is 0. The second kappa shape index (κ2) is 8.93. The quantitative estimate of drug-likeness (QED) is 0.308. The molecule has 0 saturated heterocycles. The van der Waals surface area contributed by atoms with Crippen LogP contribution < -0.4 is 4.74 Å². The highest BCUT2D eigenvalue weighted by Crippen LogP contribution is 2.38. The number of ether oxygens (including phenoxy) is 1. The van der Waals surface area contributed by atoms with E-state index in [1.54, 1.807) is 11.0 Å². The van der Waals surface area contributed by atoms with Crippen LogP contribution >= 0.6 is 0 Å². The third kappa shape index (κ3) is 3.81. The largest absolute Gasteiger partial charge is 0.457 e. The van der Waals surface area contributed by atoms with E-state index in [2.05, 4.69) is 10.1 Å². The van der Waals surface area contributed by atoms with Crippen molar-refractivity contribution in [2.75, 3.05) is 0 Å². The topological polar surface area (TPSA) is 57.0 Å². The first-order chi connectivity index (χ1) is 16.3. The Balaban J connectivity index is 1.68. The predicted molar refractivity (Wildman–Crippen MR) is 126 cm³/mol. The highest BCUT2D eigenvalue weighted by atomic mass is 16.5. The minimum absolute atomic E-state index is 0.100. The Morgan fingerprint density at radius 1 is 0.667 bits per heavy atom. The second-order valence-corrected chi connectivity index (χ2v) is 7.55. The minimum atomic E-state index is -1.23. The number of carbonyl (C=O) groups excluding carboxylic acids is 1. The molecule has 5 nitrogen and oxygen atoms in total. The Morgan fingerprint density at radius 3 is 1.82 bits per heavy atom. The number of aromatic nitrogens is 3. The van der Waals surface area contributed by atoms with E-state index >= 15 is 0 Å². The van der Waals surface area contributed by atoms with Gasteiger partial charge in [0.15, 0.2) is 11.3 Å². The van der Waals surface area contributed by atoms with Crippen molar-refractivity contribution in [3.63, 3.8) is 0 Å². The van der Waals surface area contributed by atoms with E-state index in [1.807, 2.05) is 115 Å². The lowest BCUT2D eigenvalue weighted by molar-refractivity contribution is 0.0878. The van der Waals surface area contributed by atoms with E-state index in [4.69, 9.17) is 4.74 Å². The maximum Gasteiger partial charge on any atom is 0.199 e. The SMILES string of the molecule is O=C(c1ccccc1)C(c1ccccc1)(c1ccc(Oc2ccccc2)cc1)n1cncn1. The van der Waals surface area contributed by atoms with Gasteiger partial charge in [-0.25, -0.2) is 9.67 Å². The lowest BCUT2D eigenvalue weighted by Crippen LogP contribution is -2.44. The van der Waals surface area contributed by atoms with E-state index in [-0.39, 0.29) is 5.78 Å². The van der Waals surface area contributed by atoms with Gasteiger partial charge in [0.05, 0.1) is 0 Å². The standard InChI is InChI=1S/C28H21N3O2/c32-27(22-10-4-1-5-11-22)28(31-21-29-20-30-31,23-12-6-2-7-13-23)24-16-18-26(19-17-24)33-25-14-8-3-9-15-25/h1-21H. The molecule has 1 unspecified atom stereocenters. The van der Waals surface area contributed by atoms with E-state index < -0.39 is 5.54 Å². The number of Topliss-reactive ketones (excluding diaryl/α,β-unsaturated/α-hetero) is 1. The van der Waals surface area contributed by atoms with Crippen LogP contribution in [0, 0.1) is 0 Å². The number of rotatable bonds is 7. The highest BCUT2D eigenvalue weighted by molar-refractivity contribution is 6.06. The van der Waals surface area contributed by atoms with Crippen molar-refractivity contribution in [1.29, 1.82) is 0 Å². The molecule has 0 fully saturated rings. The fourth-order valence-electron chi connectivity index (χ4n) is 4.05. The van der Waals surface area contributed by atoms with Gasteiger partial charge < -0.3 is 4.74 Å². The molecule has 5 aromatic rings. The van der Waals surface area contributed by atoms with Crippen LogP contribution in [0.5, 0.6) is 11.5 Å². The second-order valence-electron chi connectivity index (χ2n) is 7.55. The van der Waals surface area contributed by atoms with E-state index in [1.165, 1.54) is 6.33 Å². The normalized spacial score (nSPS) is 12.6. The van der Waals surface area contributed by atoms with Crippen LogP contribution in [0.25, 0.3) is 0 Å². The lowest BCUT2D eigenvalue weighted by atomic mass is 9.77. The van der Waals surface area contributed by atoms with Gasteiger partial charge >= 0.3 is 0 Å². The van der Waals surface area contributed by atoms with E-state index in [9.17, 15) is 4.79 Å². The van der Waals surface area contributed by atoms with Gasteiger partial charge in [0.25, 0.3) is 0 Å². The molecule has 0 amide bonds. The van der Waals surface area contributed by atoms with Gasteiger partial charge in [0, 0.05) is 5.56 Å². The summed E-state index contributed by atoms with van der Waals surface area (Å²) in [5.74, 6) is 1.32. The molecule has 33 heavy (non-hydrogen) atoms. The lowest BCUT2D eigenvalue weighted by Gasteiger charge is -2.33. The summed E-state index contributed by atoms with van der Waals surface area (Å²) in [7, 11) is 0. The smallest absolute Gasteiger partial charge is 0.199 e. The average Bonchev–Trinajstić information content (AvgIpc) is 3.42. The molecule has 0 N–H and O–H groups in total. The number of nitrogens with zero attached hydrogens (tertiary/aromatic N) is 3. The van der Waals surface area contributed by atoms with Crippen LogP contribution in [0.1, 0.15) is 21.5 Å². The Kier molecular flexibility index (Phi) is 5.52. The van der Waals surface area contributed by atoms with Crippen molar-refractivity contribution >= 4 is 5.78 Å². The van der Waals surface area contributed by atoms with E-state index in [0.29, 0.717) is 11.3 Å². The minimum Gasteiger partial charge on any atom is -0.457 e. The van der Waals surface area contributed by atoms with Gasteiger partial charge in [-0.1, -0.05) is 91.0 Å². The summed E-state index contributed by atoms with van der Waals surface area (Å²) < 4.78 is 7.60. The first-order valence-electron chi connectivity index (χ1n) is 10.6. The first kappa shape index (κ1) is 20.4. The highest BCUT2D eigenvalue weighted by Gasteiger charge is 2.45. The summed E-state index contributed by atoms with van der Waals surface area (Å²) in [4.78, 5) is 18.4. The summed E-state index contributed by atoms with van der Waals surface area (Å²) in [6, 6.07) is 36.1. The van der Waals surface area contributed by atoms with Crippen molar-refractivity contribution in [2.45, 2.75) is 5.54 Å². The number of hydrogen-bond acceptors (Lipinski definition) is 4. The zero-order chi connectivity index (χ0) is 22.5. The van der Waals surface area contributed by atoms with Gasteiger partial charge in [-0.15, -0.1) is 0 Å². The molecule has 0 spiro atoms. The summed E-state index contributed by atoms with van der Waals surface area (Å²) in [6.07, 6.45) is 3.03. The monoisotopic (exact) mass is 431 g/mol. The molecule has 0 bridgehead atoms. The zero-order valence-electron chi connectivity index (χ0n) is 17.8. The molecule has 0 aliphatic rings. The Labute approximate surface area is 191 Å². The Bertz CT molecular complexity index is 1320. The summed E-state index contributed by atoms with van der Waals surface area (Å²) in [5.41, 5.74) is 0.903. The first-order valence-corrected chi connectivity index (χ1v) is 10.6. The maximum absolute atomic E-state index is 14.2. The van der Waals surface area contributed by atoms with Gasteiger partial charge in [-0.3, -0.25) is 4.79 Å². The Morgan fingerprint density at radius 2 is 1.21 bits per heavy atom. The van der Waals surface area contributed by atoms with Crippen LogP contribution in [0.3, 0.4) is 0 Å². The predicted octanol–water partition coefficient (Wildman–Crippen LogP) is 5.75. The number of hydrogen-bond donors (Lipinski definition) is 0. The molecule has 1 aromatic heterocycles. The molecule has 0 radical (unpaired) electrons. The van der Waals surface area contributed by atoms with Crippen LogP contribution in [0.4, 0.5) is 0 Å². The number of ketones is 1. The van der Waals surface area contributed by atoms with Gasteiger partial charge in [-0.05, 0) is 35.4 Å². The number of carbonyl (C=O) groups is 1. The van der Waals surface area contributed by atoms with Gasteiger partial charge in [-0.2, -0.15) is 5.10 Å². The van der Waals surface area contributed by atoms with E-state index in [0.717, 1.165) is 16.9 Å². The van der Waals surface area contributed by atoms with Gasteiger partial charge in [0.2, 0.25) is 0 Å². The van der Waals surface area contributed by atoms with Crippen molar-refractivity contribution < 1.29 is 9.53 Å². The average molecular weight is 431 g/mol. The molecule has 5 heteroatoms. The third-order valence-electron chi connectivity index (χ3n) is 5.57. The molecule has 0 saturated carbocycles. The molecular weight excluding hydrogens is 410 g/mol. The van der Waals surface area contributed by atoms with Crippen LogP contribution in [-0.4, -0.2) is 20.5 Å². The van der Waals surface area contributed by atoms with Crippen molar-refractivity contribution in [1.82, 2.24) is 14.8 Å². The fraction of sp³-hybridized carbons (Fsp3) is 0.0357. The van der Waals surface area contributed by atoms with Crippen LogP contribution in [0.15, 0.2) is 128 Å². The van der Waals surface area contributed by atoms with Crippen LogP contribution in [0.2, 0.25) is 0 Å². The molecule has 5 rings (SSSR count). The third-order valence-corrected chi connectivity index (χ3v) is 5.57. The van der Waals surface area contributed by atoms with Gasteiger partial charge in [0.1, 0.15) is 24.2 Å². The van der Waals surface area contributed by atoms with Crippen molar-refractivity contribution in [2.24, 2.45) is 0 Å². The molecular formula is C28H21N3O2. The Hall–Kier alpha value is -4.51. The molecule has 0 aliphatic carbocycles. The maximum atomic E-state index is 14.2. The molecule has 1 atom stereocenters. The fourth-order valence-corrected chi connectivity index (χ4v) is 4.05. The molecule has 0 aliphatic heterocycles. The molecule has 160 valence electrons. The number of para-hydroxylation sites is 1. The van der Waals surface area contributed by atoms with Crippen molar-refractivity contribution in [3.8, 4) is 11.5 Å². The summed E-state index contributed by atoms with van der Waals surface area (Å²) >= 11 is 0. The molecule has 1 heterocycles. The van der Waals surface area contributed by atoms with Crippen molar-refractivity contribution in [3.05, 3.63) is 145 Å². The van der Waals surface area contributed by atoms with Crippen LogP contribution in [-0.2, 0) is 5.54 Å². The zero-order valence-corrected chi connectivity index (χ0v) is 17.8.